The molecule has 7 nitrogen and oxygen atoms in total. The van der Waals surface area contributed by atoms with Gasteiger partial charge in [0.1, 0.15) is 0 Å². The third kappa shape index (κ3) is 10.5. The van der Waals surface area contributed by atoms with E-state index in [1.54, 1.807) is 0 Å². The summed E-state index contributed by atoms with van der Waals surface area (Å²) in [7, 11) is -7.07. The molecule has 0 rings (SSSR count). The van der Waals surface area contributed by atoms with Crippen LogP contribution in [0.2, 0.25) is 10.1 Å². The van der Waals surface area contributed by atoms with Crippen LogP contribution in [0.1, 0.15) is 159 Å². The summed E-state index contributed by atoms with van der Waals surface area (Å²) < 4.78 is 39.7. The van der Waals surface area contributed by atoms with E-state index in [0.29, 0.717) is 65.3 Å². The van der Waals surface area contributed by atoms with Crippen molar-refractivity contribution in [3.05, 3.63) is 0 Å². The molecule has 0 aliphatic heterocycles. The minimum absolute atomic E-state index is 0.134. The fourth-order valence-electron chi connectivity index (χ4n) is 6.66. The van der Waals surface area contributed by atoms with Crippen molar-refractivity contribution in [3.8, 4) is 0 Å². The molecule has 42 heavy (non-hydrogen) atoms. The first-order valence-electron chi connectivity index (χ1n) is 17.6. The number of carbonyl (C=O) groups is 1. The lowest BCUT2D eigenvalue weighted by molar-refractivity contribution is -0.132. The van der Waals surface area contributed by atoms with Gasteiger partial charge in [0, 0.05) is 39.6 Å². The molecular weight excluding hydrogens is 565 g/mol. The summed E-state index contributed by atoms with van der Waals surface area (Å²) in [6, 6.07) is 0. The summed E-state index contributed by atoms with van der Waals surface area (Å²) in [5.41, 5.74) is 0. The van der Waals surface area contributed by atoms with E-state index in [4.69, 9.17) is 26.6 Å². The average Bonchev–Trinajstić information content (AvgIpc) is 2.97. The maximum Gasteiger partial charge on any atom is 0.515 e. The molecule has 0 spiro atoms. The molecule has 0 amide bonds. The Balaban J connectivity index is 7.50. The highest BCUT2D eigenvalue weighted by Crippen LogP contribution is 2.60. The summed E-state index contributed by atoms with van der Waals surface area (Å²) in [5.74, 6) is 0.134. The smallest absolute Gasteiger partial charge is 0.373 e. The van der Waals surface area contributed by atoms with Crippen LogP contribution < -0.4 is 0 Å². The summed E-state index contributed by atoms with van der Waals surface area (Å²) in [4.78, 5) is 15.9. The molecular formula is C33H70O7Si2. The Bertz CT molecular complexity index is 593. The van der Waals surface area contributed by atoms with Crippen molar-refractivity contribution < 1.29 is 31.4 Å². The number of unbranched alkanes of at least 4 members (excludes halogenated alkanes) is 8. The van der Waals surface area contributed by atoms with E-state index < -0.39 is 27.7 Å². The Kier molecular flexibility index (Phi) is 23.2. The molecule has 9 heteroatoms. The van der Waals surface area contributed by atoms with Crippen LogP contribution in [0.5, 0.6) is 0 Å². The monoisotopic (exact) mass is 634 g/mol. The second kappa shape index (κ2) is 23.2. The van der Waals surface area contributed by atoms with Crippen LogP contribution in [0.3, 0.4) is 0 Å². The van der Waals surface area contributed by atoms with Gasteiger partial charge >= 0.3 is 17.6 Å². The van der Waals surface area contributed by atoms with Gasteiger partial charge in [-0.25, -0.2) is 0 Å². The predicted molar refractivity (Wildman–Crippen MR) is 179 cm³/mol. The molecule has 2 unspecified atom stereocenters. The van der Waals surface area contributed by atoms with Gasteiger partial charge in [-0.05, 0) is 67.2 Å². The Morgan fingerprint density at radius 3 is 0.905 bits per heavy atom. The Hall–Kier alpha value is -0.136. The molecule has 0 saturated heterocycles. The highest BCUT2D eigenvalue weighted by molar-refractivity contribution is 6.75. The van der Waals surface area contributed by atoms with Crippen molar-refractivity contribution in [3.63, 3.8) is 0 Å². The standard InChI is InChI=1S/C33H70O7Si2/c1-11-21-23-25-27-29-32(13-3,41(35-15-5,36-16-6)37-17-7)31(34)33(14-4,30-28-26-24-22-12-2)42(38-18-8,39-19-9)40-20-10/h11-30H2,1-10H3. The van der Waals surface area contributed by atoms with Crippen LogP contribution in [-0.4, -0.2) is 63.0 Å². The summed E-state index contributed by atoms with van der Waals surface area (Å²) in [5, 5.41) is -1.85. The lowest BCUT2D eigenvalue weighted by Crippen LogP contribution is -2.67. The fraction of sp³-hybridized carbons (Fsp3) is 0.970. The highest BCUT2D eigenvalue weighted by Gasteiger charge is 2.73. The summed E-state index contributed by atoms with van der Waals surface area (Å²) in [6.07, 6.45) is 13.5. The first kappa shape index (κ1) is 41.9. The van der Waals surface area contributed by atoms with Crippen LogP contribution in [0.25, 0.3) is 0 Å². The Labute approximate surface area is 263 Å². The van der Waals surface area contributed by atoms with E-state index in [1.165, 1.54) is 25.7 Å². The predicted octanol–water partition coefficient (Wildman–Crippen LogP) is 9.67. The van der Waals surface area contributed by atoms with Crippen LogP contribution in [0.4, 0.5) is 0 Å². The van der Waals surface area contributed by atoms with E-state index in [9.17, 15) is 0 Å². The number of Topliss-reactive ketones (excluding diaryl/α,β-unsaturated/α-hetero) is 1. The minimum atomic E-state index is -3.53. The second-order valence-corrected chi connectivity index (χ2v) is 17.1. The first-order chi connectivity index (χ1) is 20.3. The molecule has 0 N–H and O–H groups in total. The molecule has 2 atom stereocenters. The zero-order chi connectivity index (χ0) is 32.0. The molecule has 0 fully saturated rings. The van der Waals surface area contributed by atoms with Gasteiger partial charge in [0.05, 0.1) is 10.1 Å². The van der Waals surface area contributed by atoms with E-state index in [0.717, 1.165) is 38.5 Å². The van der Waals surface area contributed by atoms with Gasteiger partial charge in [-0.15, -0.1) is 0 Å². The zero-order valence-electron chi connectivity index (χ0n) is 29.5. The van der Waals surface area contributed by atoms with E-state index >= 15 is 4.79 Å². The molecule has 0 aliphatic carbocycles. The third-order valence-electron chi connectivity index (χ3n) is 8.67. The van der Waals surface area contributed by atoms with Gasteiger partial charge in [0.25, 0.3) is 0 Å². The number of rotatable bonds is 30. The maximum atomic E-state index is 15.9. The van der Waals surface area contributed by atoms with Crippen molar-refractivity contribution in [1.82, 2.24) is 0 Å². The van der Waals surface area contributed by atoms with Crippen LogP contribution in [0.15, 0.2) is 0 Å². The van der Waals surface area contributed by atoms with Crippen molar-refractivity contribution in [1.29, 1.82) is 0 Å². The molecule has 0 heterocycles. The SMILES string of the molecule is CCCCCCCC(CC)(C(=O)C(CC)(CCCCCCC)[Si](OCC)(OCC)OCC)[Si](OCC)(OCC)OCC. The highest BCUT2D eigenvalue weighted by atomic mass is 28.4. The maximum absolute atomic E-state index is 15.9. The Morgan fingerprint density at radius 2 is 0.690 bits per heavy atom. The van der Waals surface area contributed by atoms with Crippen molar-refractivity contribution in [2.45, 2.75) is 169 Å². The topological polar surface area (TPSA) is 72.5 Å². The van der Waals surface area contributed by atoms with E-state index in [1.807, 2.05) is 41.5 Å². The Morgan fingerprint density at radius 1 is 0.429 bits per heavy atom. The third-order valence-corrected chi connectivity index (χ3v) is 16.7. The minimum Gasteiger partial charge on any atom is -0.373 e. The summed E-state index contributed by atoms with van der Waals surface area (Å²) >= 11 is 0. The van der Waals surface area contributed by atoms with Gasteiger partial charge in [-0.3, -0.25) is 4.79 Å². The number of hydrogen-bond donors (Lipinski definition) is 0. The van der Waals surface area contributed by atoms with Gasteiger partial charge in [0.2, 0.25) is 0 Å². The van der Waals surface area contributed by atoms with Crippen molar-refractivity contribution in [2.24, 2.45) is 0 Å². The summed E-state index contributed by atoms with van der Waals surface area (Å²) in [6.45, 7) is 23.1. The van der Waals surface area contributed by atoms with Gasteiger partial charge < -0.3 is 26.6 Å². The van der Waals surface area contributed by atoms with E-state index in [-0.39, 0.29) is 5.78 Å². The second-order valence-electron chi connectivity index (χ2n) is 11.2. The molecule has 0 aromatic heterocycles. The first-order valence-corrected chi connectivity index (χ1v) is 21.1. The zero-order valence-corrected chi connectivity index (χ0v) is 31.5. The van der Waals surface area contributed by atoms with Crippen molar-refractivity contribution in [2.75, 3.05) is 39.6 Å². The molecule has 0 aromatic carbocycles. The lowest BCUT2D eigenvalue weighted by atomic mass is 9.81. The lowest BCUT2D eigenvalue weighted by Gasteiger charge is -2.51. The number of hydrogen-bond acceptors (Lipinski definition) is 7. The number of carbonyl (C=O) groups excluding carboxylic acids is 1. The molecule has 252 valence electrons. The quantitative estimate of drug-likeness (QED) is 0.0575. The fourth-order valence-corrected chi connectivity index (χ4v) is 14.1. The van der Waals surface area contributed by atoms with Crippen LogP contribution in [-0.2, 0) is 31.4 Å². The van der Waals surface area contributed by atoms with Gasteiger partial charge in [-0.2, -0.15) is 0 Å². The van der Waals surface area contributed by atoms with Gasteiger partial charge in [0.15, 0.2) is 5.78 Å². The van der Waals surface area contributed by atoms with Crippen molar-refractivity contribution >= 4 is 23.4 Å². The largest absolute Gasteiger partial charge is 0.515 e. The molecule has 0 radical (unpaired) electrons. The molecule has 0 aliphatic rings. The molecule has 0 aromatic rings. The normalized spacial score (nSPS) is 15.5. The van der Waals surface area contributed by atoms with E-state index in [2.05, 4.69) is 27.7 Å². The number of ketones is 1. The van der Waals surface area contributed by atoms with Crippen LogP contribution in [0, 0.1) is 0 Å². The molecule has 0 saturated carbocycles. The molecule has 0 bridgehead atoms. The van der Waals surface area contributed by atoms with Gasteiger partial charge in [-0.1, -0.05) is 91.9 Å². The average molecular weight is 635 g/mol. The van der Waals surface area contributed by atoms with Crippen LogP contribution >= 0.6 is 0 Å².